The van der Waals surface area contributed by atoms with Crippen LogP contribution < -0.4 is 5.32 Å². The molecule has 1 aromatic carbocycles. The molecular weight excluding hydrogens is 271 g/mol. The van der Waals surface area contributed by atoms with Crippen LogP contribution in [0.4, 0.5) is 5.69 Å². The van der Waals surface area contributed by atoms with Crippen LogP contribution in [0.15, 0.2) is 36.4 Å². The molecule has 0 radical (unpaired) electrons. The summed E-state index contributed by atoms with van der Waals surface area (Å²) >= 11 is 11.6. The van der Waals surface area contributed by atoms with Gasteiger partial charge in [0.1, 0.15) is 5.15 Å². The van der Waals surface area contributed by atoms with E-state index in [-0.39, 0.29) is 5.91 Å². The van der Waals surface area contributed by atoms with E-state index < -0.39 is 0 Å². The number of carbonyl (C=O) groups excluding carboxylic acids is 1. The molecule has 1 N–H and O–H groups in total. The van der Waals surface area contributed by atoms with Crippen LogP contribution in [-0.4, -0.2) is 10.9 Å². The van der Waals surface area contributed by atoms with Crippen molar-refractivity contribution >= 4 is 34.8 Å². The Kier molecular flexibility index (Phi) is 3.84. The second-order valence-corrected chi connectivity index (χ2v) is 4.60. The van der Waals surface area contributed by atoms with E-state index in [4.69, 9.17) is 23.2 Å². The summed E-state index contributed by atoms with van der Waals surface area (Å²) in [5.74, 6) is -0.232. The van der Waals surface area contributed by atoms with Gasteiger partial charge in [-0.1, -0.05) is 23.2 Å². The van der Waals surface area contributed by atoms with Crippen molar-refractivity contribution in [2.24, 2.45) is 0 Å². The first-order valence-electron chi connectivity index (χ1n) is 5.26. The van der Waals surface area contributed by atoms with Gasteiger partial charge in [-0.3, -0.25) is 4.79 Å². The van der Waals surface area contributed by atoms with Crippen molar-refractivity contribution in [2.75, 3.05) is 5.32 Å². The summed E-state index contributed by atoms with van der Waals surface area (Å²) in [6, 6.07) is 10.1. The van der Waals surface area contributed by atoms with Crippen molar-refractivity contribution in [3.63, 3.8) is 0 Å². The molecule has 0 saturated heterocycles. The van der Waals surface area contributed by atoms with Crippen LogP contribution in [0.1, 0.15) is 16.1 Å². The van der Waals surface area contributed by atoms with Crippen molar-refractivity contribution in [1.82, 2.24) is 4.98 Å². The highest BCUT2D eigenvalue weighted by atomic mass is 35.5. The minimum Gasteiger partial charge on any atom is -0.322 e. The molecule has 5 heteroatoms. The molecule has 2 aromatic rings. The SMILES string of the molecule is Cc1cc(C(=O)Nc2ccc(Cl)cc2)cc(Cl)n1. The molecule has 0 aliphatic rings. The average Bonchev–Trinajstić information content (AvgIpc) is 2.31. The number of carbonyl (C=O) groups is 1. The molecule has 0 aliphatic heterocycles. The van der Waals surface area contributed by atoms with Crippen molar-refractivity contribution in [2.45, 2.75) is 6.92 Å². The summed E-state index contributed by atoms with van der Waals surface area (Å²) < 4.78 is 0. The number of benzene rings is 1. The fourth-order valence-electron chi connectivity index (χ4n) is 1.50. The van der Waals surface area contributed by atoms with Crippen LogP contribution in [0.3, 0.4) is 0 Å². The van der Waals surface area contributed by atoms with Gasteiger partial charge in [0.25, 0.3) is 5.91 Å². The first-order valence-corrected chi connectivity index (χ1v) is 6.01. The zero-order valence-electron chi connectivity index (χ0n) is 9.58. The molecule has 1 heterocycles. The zero-order chi connectivity index (χ0) is 13.1. The van der Waals surface area contributed by atoms with Gasteiger partial charge < -0.3 is 5.32 Å². The largest absolute Gasteiger partial charge is 0.322 e. The maximum atomic E-state index is 12.0. The summed E-state index contributed by atoms with van der Waals surface area (Å²) in [5, 5.41) is 3.68. The summed E-state index contributed by atoms with van der Waals surface area (Å²) in [7, 11) is 0. The highest BCUT2D eigenvalue weighted by molar-refractivity contribution is 6.30. The van der Waals surface area contributed by atoms with Crippen molar-refractivity contribution < 1.29 is 4.79 Å². The molecular formula is C13H10Cl2N2O. The quantitative estimate of drug-likeness (QED) is 0.847. The Bertz CT molecular complexity index is 562. The van der Waals surface area contributed by atoms with Gasteiger partial charge in [-0.25, -0.2) is 4.98 Å². The molecule has 0 saturated carbocycles. The van der Waals surface area contributed by atoms with E-state index in [1.54, 1.807) is 37.3 Å². The van der Waals surface area contributed by atoms with E-state index in [1.807, 2.05) is 0 Å². The summed E-state index contributed by atoms with van der Waals surface area (Å²) in [6.07, 6.45) is 0. The Morgan fingerprint density at radius 1 is 1.17 bits per heavy atom. The standard InChI is InChI=1S/C13H10Cl2N2O/c1-8-6-9(7-12(15)16-8)13(18)17-11-4-2-10(14)3-5-11/h2-7H,1H3,(H,17,18). The average molecular weight is 281 g/mol. The fraction of sp³-hybridized carbons (Fsp3) is 0.0769. The van der Waals surface area contributed by atoms with Crippen LogP contribution in [0, 0.1) is 6.92 Å². The number of anilines is 1. The van der Waals surface area contributed by atoms with Crippen LogP contribution in [0.25, 0.3) is 0 Å². The van der Waals surface area contributed by atoms with Gasteiger partial charge in [0.15, 0.2) is 0 Å². The fourth-order valence-corrected chi connectivity index (χ4v) is 1.87. The van der Waals surface area contributed by atoms with Gasteiger partial charge >= 0.3 is 0 Å². The van der Waals surface area contributed by atoms with Crippen LogP contribution in [0.2, 0.25) is 10.2 Å². The first-order chi connectivity index (χ1) is 8.54. The third-order valence-corrected chi connectivity index (χ3v) is 2.73. The number of hydrogen-bond donors (Lipinski definition) is 1. The zero-order valence-corrected chi connectivity index (χ0v) is 11.1. The summed E-state index contributed by atoms with van der Waals surface area (Å²) in [5.41, 5.74) is 1.85. The number of nitrogens with one attached hydrogen (secondary N) is 1. The smallest absolute Gasteiger partial charge is 0.255 e. The molecule has 92 valence electrons. The van der Waals surface area contributed by atoms with Gasteiger partial charge in [0.2, 0.25) is 0 Å². The predicted molar refractivity (Wildman–Crippen MR) is 73.4 cm³/mol. The summed E-state index contributed by atoms with van der Waals surface area (Å²) in [6.45, 7) is 1.78. The highest BCUT2D eigenvalue weighted by Crippen LogP contribution is 2.16. The van der Waals surface area contributed by atoms with Gasteiger partial charge in [0, 0.05) is 22.0 Å². The molecule has 0 spiro atoms. The molecule has 0 aliphatic carbocycles. The number of aromatic nitrogens is 1. The maximum Gasteiger partial charge on any atom is 0.255 e. The second kappa shape index (κ2) is 5.38. The predicted octanol–water partition coefficient (Wildman–Crippen LogP) is 3.95. The number of rotatable bonds is 2. The number of aryl methyl sites for hydroxylation is 1. The van der Waals surface area contributed by atoms with E-state index in [0.717, 1.165) is 0 Å². The van der Waals surface area contributed by atoms with E-state index in [0.29, 0.717) is 27.1 Å². The van der Waals surface area contributed by atoms with Gasteiger partial charge in [-0.05, 0) is 43.3 Å². The molecule has 0 fully saturated rings. The van der Waals surface area contributed by atoms with Crippen LogP contribution in [-0.2, 0) is 0 Å². The van der Waals surface area contributed by atoms with Crippen LogP contribution >= 0.6 is 23.2 Å². The Morgan fingerprint density at radius 3 is 2.44 bits per heavy atom. The lowest BCUT2D eigenvalue weighted by Crippen LogP contribution is -2.12. The number of hydrogen-bond acceptors (Lipinski definition) is 2. The Morgan fingerprint density at radius 2 is 1.83 bits per heavy atom. The highest BCUT2D eigenvalue weighted by Gasteiger charge is 2.08. The topological polar surface area (TPSA) is 42.0 Å². The minimum absolute atomic E-state index is 0.232. The number of nitrogens with zero attached hydrogens (tertiary/aromatic N) is 1. The third-order valence-electron chi connectivity index (χ3n) is 2.29. The van der Waals surface area contributed by atoms with Crippen molar-refractivity contribution in [1.29, 1.82) is 0 Å². The number of amides is 1. The molecule has 0 unspecified atom stereocenters. The monoisotopic (exact) mass is 280 g/mol. The van der Waals surface area contributed by atoms with Gasteiger partial charge in [-0.2, -0.15) is 0 Å². The van der Waals surface area contributed by atoms with E-state index >= 15 is 0 Å². The lowest BCUT2D eigenvalue weighted by atomic mass is 10.2. The van der Waals surface area contributed by atoms with Gasteiger partial charge in [-0.15, -0.1) is 0 Å². The van der Waals surface area contributed by atoms with Crippen LogP contribution in [0.5, 0.6) is 0 Å². The molecule has 0 atom stereocenters. The van der Waals surface area contributed by atoms with E-state index in [1.165, 1.54) is 6.07 Å². The third kappa shape index (κ3) is 3.22. The summed E-state index contributed by atoms with van der Waals surface area (Å²) in [4.78, 5) is 16.0. The van der Waals surface area contributed by atoms with Gasteiger partial charge in [0.05, 0.1) is 0 Å². The van der Waals surface area contributed by atoms with Crippen molar-refractivity contribution in [3.05, 3.63) is 57.8 Å². The molecule has 1 amide bonds. The molecule has 1 aromatic heterocycles. The number of pyridine rings is 1. The normalized spacial score (nSPS) is 10.2. The molecule has 3 nitrogen and oxygen atoms in total. The lowest BCUT2D eigenvalue weighted by molar-refractivity contribution is 0.102. The number of halogens is 2. The maximum absolute atomic E-state index is 12.0. The van der Waals surface area contributed by atoms with E-state index in [9.17, 15) is 4.79 Å². The minimum atomic E-state index is -0.232. The molecule has 0 bridgehead atoms. The van der Waals surface area contributed by atoms with E-state index in [2.05, 4.69) is 10.3 Å². The van der Waals surface area contributed by atoms with Crippen molar-refractivity contribution in [3.8, 4) is 0 Å². The first kappa shape index (κ1) is 12.9. The molecule has 18 heavy (non-hydrogen) atoms. The molecule has 2 rings (SSSR count). The Hall–Kier alpha value is -1.58. The Labute approximate surface area is 115 Å². The lowest BCUT2D eigenvalue weighted by Gasteiger charge is -2.06. The Balaban J connectivity index is 2.19. The second-order valence-electron chi connectivity index (χ2n) is 3.78.